The zero-order valence-electron chi connectivity index (χ0n) is 11.6. The van der Waals surface area contributed by atoms with Crippen LogP contribution in [-0.2, 0) is 6.54 Å². The van der Waals surface area contributed by atoms with Crippen LogP contribution in [-0.4, -0.2) is 46.5 Å². The van der Waals surface area contributed by atoms with E-state index in [0.29, 0.717) is 11.2 Å². The average Bonchev–Trinajstić information content (AvgIpc) is 2.42. The third kappa shape index (κ3) is 3.10. The third-order valence-electron chi connectivity index (χ3n) is 4.49. The smallest absolute Gasteiger partial charge is 0.129 e. The Labute approximate surface area is 120 Å². The first-order chi connectivity index (χ1) is 9.22. The lowest BCUT2D eigenvalue weighted by Gasteiger charge is -2.47. The first-order valence-corrected chi connectivity index (χ1v) is 7.69. The van der Waals surface area contributed by atoms with Crippen LogP contribution in [0.5, 0.6) is 0 Å². The summed E-state index contributed by atoms with van der Waals surface area (Å²) in [5, 5.41) is 0.578. The molecule has 0 saturated carbocycles. The van der Waals surface area contributed by atoms with Gasteiger partial charge in [0.15, 0.2) is 0 Å². The van der Waals surface area contributed by atoms with Crippen molar-refractivity contribution in [2.24, 2.45) is 0 Å². The Kier molecular flexibility index (Phi) is 4.06. The maximum absolute atomic E-state index is 5.84. The number of piperazine rings is 1. The van der Waals surface area contributed by atoms with Gasteiger partial charge in [-0.2, -0.15) is 0 Å². The van der Waals surface area contributed by atoms with Gasteiger partial charge in [0.2, 0.25) is 0 Å². The van der Waals surface area contributed by atoms with Crippen LogP contribution in [0.4, 0.5) is 0 Å². The molecule has 1 aromatic rings. The molecule has 0 aromatic carbocycles. The van der Waals surface area contributed by atoms with Gasteiger partial charge in [0, 0.05) is 37.9 Å². The second kappa shape index (κ2) is 5.78. The molecule has 0 bridgehead atoms. The Balaban J connectivity index is 1.65. The molecule has 0 N–H and O–H groups in total. The van der Waals surface area contributed by atoms with E-state index in [4.69, 9.17) is 11.6 Å². The molecule has 2 aliphatic heterocycles. The Morgan fingerprint density at radius 3 is 3.00 bits per heavy atom. The summed E-state index contributed by atoms with van der Waals surface area (Å²) in [7, 11) is 0. The van der Waals surface area contributed by atoms with Crippen LogP contribution in [0.2, 0.25) is 5.15 Å². The van der Waals surface area contributed by atoms with Crippen molar-refractivity contribution in [2.75, 3.05) is 19.6 Å². The monoisotopic (exact) mass is 279 g/mol. The summed E-state index contributed by atoms with van der Waals surface area (Å²) in [6.07, 6.45) is 6.04. The van der Waals surface area contributed by atoms with Crippen LogP contribution >= 0.6 is 11.6 Å². The fraction of sp³-hybridized carbons (Fsp3) is 0.667. The van der Waals surface area contributed by atoms with Crippen LogP contribution in [0, 0.1) is 0 Å². The standard InChI is InChI=1S/C15H22ClN3/c1-12-9-18-7-3-2-4-14(18)11-19(12)10-13-5-6-15(16)17-8-13/h5-6,8,12,14H,2-4,7,9-11H2,1H3/t12-,14+/m1/s1. The van der Waals surface area contributed by atoms with Gasteiger partial charge in [-0.05, 0) is 37.9 Å². The molecule has 3 heterocycles. The molecular formula is C15H22ClN3. The molecule has 2 fully saturated rings. The molecule has 2 atom stereocenters. The second-order valence-electron chi connectivity index (χ2n) is 5.91. The minimum atomic E-state index is 0.578. The minimum absolute atomic E-state index is 0.578. The summed E-state index contributed by atoms with van der Waals surface area (Å²) in [5.41, 5.74) is 1.26. The zero-order chi connectivity index (χ0) is 13.2. The van der Waals surface area contributed by atoms with Crippen molar-refractivity contribution in [1.29, 1.82) is 0 Å². The average molecular weight is 280 g/mol. The van der Waals surface area contributed by atoms with Crippen LogP contribution in [0.15, 0.2) is 18.3 Å². The number of hydrogen-bond donors (Lipinski definition) is 0. The molecular weight excluding hydrogens is 258 g/mol. The number of nitrogens with zero attached hydrogens (tertiary/aromatic N) is 3. The van der Waals surface area contributed by atoms with Gasteiger partial charge in [0.25, 0.3) is 0 Å². The molecule has 1 aromatic heterocycles. The topological polar surface area (TPSA) is 19.4 Å². The van der Waals surface area contributed by atoms with E-state index in [-0.39, 0.29) is 0 Å². The van der Waals surface area contributed by atoms with E-state index < -0.39 is 0 Å². The molecule has 3 rings (SSSR count). The van der Waals surface area contributed by atoms with Crippen molar-refractivity contribution >= 4 is 11.6 Å². The second-order valence-corrected chi connectivity index (χ2v) is 6.30. The molecule has 19 heavy (non-hydrogen) atoms. The highest BCUT2D eigenvalue weighted by molar-refractivity contribution is 6.29. The number of hydrogen-bond acceptors (Lipinski definition) is 3. The van der Waals surface area contributed by atoms with E-state index in [0.717, 1.165) is 12.6 Å². The van der Waals surface area contributed by atoms with Crippen LogP contribution in [0.3, 0.4) is 0 Å². The summed E-state index contributed by atoms with van der Waals surface area (Å²) in [5.74, 6) is 0. The normalized spacial score (nSPS) is 29.2. The number of pyridine rings is 1. The lowest BCUT2D eigenvalue weighted by Crippen LogP contribution is -2.58. The van der Waals surface area contributed by atoms with Crippen molar-refractivity contribution in [1.82, 2.24) is 14.8 Å². The van der Waals surface area contributed by atoms with Gasteiger partial charge in [-0.15, -0.1) is 0 Å². The quantitative estimate of drug-likeness (QED) is 0.776. The lowest BCUT2D eigenvalue weighted by atomic mass is 9.97. The SMILES string of the molecule is C[C@@H]1CN2CCCC[C@H]2CN1Cc1ccc(Cl)nc1. The first kappa shape index (κ1) is 13.3. The predicted octanol–water partition coefficient (Wildman–Crippen LogP) is 2.79. The van der Waals surface area contributed by atoms with Gasteiger partial charge in [0.05, 0.1) is 0 Å². The predicted molar refractivity (Wildman–Crippen MR) is 78.3 cm³/mol. The third-order valence-corrected chi connectivity index (χ3v) is 4.71. The summed E-state index contributed by atoms with van der Waals surface area (Å²) in [6, 6.07) is 5.38. The van der Waals surface area contributed by atoms with E-state index in [1.165, 1.54) is 44.5 Å². The molecule has 2 aliphatic rings. The highest BCUT2D eigenvalue weighted by atomic mass is 35.5. The van der Waals surface area contributed by atoms with Crippen molar-refractivity contribution in [2.45, 2.75) is 44.8 Å². The van der Waals surface area contributed by atoms with Crippen molar-refractivity contribution in [3.63, 3.8) is 0 Å². The maximum atomic E-state index is 5.84. The van der Waals surface area contributed by atoms with Crippen molar-refractivity contribution in [3.8, 4) is 0 Å². The number of fused-ring (bicyclic) bond motifs is 1. The molecule has 0 unspecified atom stereocenters. The summed E-state index contributed by atoms with van der Waals surface area (Å²) in [6.45, 7) is 7.05. The zero-order valence-corrected chi connectivity index (χ0v) is 12.3. The molecule has 0 amide bonds. The summed E-state index contributed by atoms with van der Waals surface area (Å²) in [4.78, 5) is 9.46. The summed E-state index contributed by atoms with van der Waals surface area (Å²) >= 11 is 5.84. The molecule has 0 aliphatic carbocycles. The van der Waals surface area contributed by atoms with Crippen molar-refractivity contribution in [3.05, 3.63) is 29.0 Å². The highest BCUT2D eigenvalue weighted by Gasteiger charge is 2.32. The Morgan fingerprint density at radius 2 is 2.21 bits per heavy atom. The Hall–Kier alpha value is -0.640. The van der Waals surface area contributed by atoms with E-state index in [1.54, 1.807) is 0 Å². The number of rotatable bonds is 2. The van der Waals surface area contributed by atoms with Gasteiger partial charge in [-0.1, -0.05) is 24.1 Å². The van der Waals surface area contributed by atoms with Crippen LogP contribution in [0.25, 0.3) is 0 Å². The fourth-order valence-corrected chi connectivity index (χ4v) is 3.48. The lowest BCUT2D eigenvalue weighted by molar-refractivity contribution is 0.0110. The highest BCUT2D eigenvalue weighted by Crippen LogP contribution is 2.25. The molecule has 0 radical (unpaired) electrons. The number of halogens is 1. The Bertz CT molecular complexity index is 420. The molecule has 104 valence electrons. The molecule has 2 saturated heterocycles. The van der Waals surface area contributed by atoms with Gasteiger partial charge in [0.1, 0.15) is 5.15 Å². The van der Waals surface area contributed by atoms with Gasteiger partial charge < -0.3 is 0 Å². The van der Waals surface area contributed by atoms with Crippen LogP contribution < -0.4 is 0 Å². The number of aromatic nitrogens is 1. The van der Waals surface area contributed by atoms with E-state index in [9.17, 15) is 0 Å². The van der Waals surface area contributed by atoms with E-state index >= 15 is 0 Å². The first-order valence-electron chi connectivity index (χ1n) is 7.31. The Morgan fingerprint density at radius 1 is 1.32 bits per heavy atom. The van der Waals surface area contributed by atoms with Gasteiger partial charge >= 0.3 is 0 Å². The minimum Gasteiger partial charge on any atom is -0.298 e. The molecule has 4 heteroatoms. The molecule has 3 nitrogen and oxygen atoms in total. The van der Waals surface area contributed by atoms with Gasteiger partial charge in [-0.25, -0.2) is 4.98 Å². The maximum Gasteiger partial charge on any atom is 0.129 e. The van der Waals surface area contributed by atoms with Gasteiger partial charge in [-0.3, -0.25) is 9.80 Å². The van der Waals surface area contributed by atoms with E-state index in [2.05, 4.69) is 27.8 Å². The molecule has 0 spiro atoms. The summed E-state index contributed by atoms with van der Waals surface area (Å²) < 4.78 is 0. The fourth-order valence-electron chi connectivity index (χ4n) is 3.37. The largest absolute Gasteiger partial charge is 0.298 e. The van der Waals surface area contributed by atoms with E-state index in [1.807, 2.05) is 12.3 Å². The van der Waals surface area contributed by atoms with Crippen LogP contribution in [0.1, 0.15) is 31.7 Å². The number of piperidine rings is 1. The van der Waals surface area contributed by atoms with Crippen molar-refractivity contribution < 1.29 is 0 Å².